The lowest BCUT2D eigenvalue weighted by Crippen LogP contribution is -2.26. The number of furan rings is 1. The Labute approximate surface area is 116 Å². The number of halogens is 1. The SMILES string of the molecule is Cc1ccc(C(C)NC(=O)c2coc(CN)c2)cc1F. The smallest absolute Gasteiger partial charge is 0.255 e. The number of nitrogens with one attached hydrogen (secondary N) is 1. The zero-order valence-corrected chi connectivity index (χ0v) is 11.4. The Balaban J connectivity index is 2.08. The van der Waals surface area contributed by atoms with Crippen molar-refractivity contribution in [3.05, 3.63) is 58.8 Å². The molecule has 1 heterocycles. The van der Waals surface area contributed by atoms with Crippen LogP contribution in [0.5, 0.6) is 0 Å². The second kappa shape index (κ2) is 5.88. The molecule has 0 saturated carbocycles. The zero-order chi connectivity index (χ0) is 14.7. The van der Waals surface area contributed by atoms with Gasteiger partial charge in [0.2, 0.25) is 0 Å². The van der Waals surface area contributed by atoms with Crippen LogP contribution in [0.1, 0.15) is 40.2 Å². The molecule has 0 saturated heterocycles. The van der Waals surface area contributed by atoms with Crippen molar-refractivity contribution in [2.45, 2.75) is 26.4 Å². The summed E-state index contributed by atoms with van der Waals surface area (Å²) in [6, 6.07) is 6.22. The minimum absolute atomic E-state index is 0.242. The average Bonchev–Trinajstić information content (AvgIpc) is 2.90. The Morgan fingerprint density at radius 3 is 2.80 bits per heavy atom. The molecule has 0 fully saturated rings. The molecule has 1 amide bonds. The van der Waals surface area contributed by atoms with E-state index >= 15 is 0 Å². The Bertz CT molecular complexity index is 622. The van der Waals surface area contributed by atoms with E-state index in [1.54, 1.807) is 32.0 Å². The fourth-order valence-electron chi connectivity index (χ4n) is 1.85. The van der Waals surface area contributed by atoms with Gasteiger partial charge in [0.15, 0.2) is 0 Å². The lowest BCUT2D eigenvalue weighted by atomic mass is 10.1. The molecule has 106 valence electrons. The van der Waals surface area contributed by atoms with Crippen molar-refractivity contribution < 1.29 is 13.6 Å². The van der Waals surface area contributed by atoms with Crippen LogP contribution >= 0.6 is 0 Å². The first-order valence-electron chi connectivity index (χ1n) is 6.35. The van der Waals surface area contributed by atoms with Crippen LogP contribution in [0, 0.1) is 12.7 Å². The maximum atomic E-state index is 13.5. The van der Waals surface area contributed by atoms with Crippen LogP contribution < -0.4 is 11.1 Å². The monoisotopic (exact) mass is 276 g/mol. The molecule has 3 N–H and O–H groups in total. The average molecular weight is 276 g/mol. The van der Waals surface area contributed by atoms with Crippen LogP contribution in [-0.2, 0) is 6.54 Å². The van der Waals surface area contributed by atoms with E-state index in [4.69, 9.17) is 10.2 Å². The van der Waals surface area contributed by atoms with Crippen LogP contribution in [0.3, 0.4) is 0 Å². The molecule has 4 nitrogen and oxygen atoms in total. The molecule has 0 aliphatic heterocycles. The molecule has 20 heavy (non-hydrogen) atoms. The third-order valence-electron chi connectivity index (χ3n) is 3.16. The van der Waals surface area contributed by atoms with E-state index in [0.717, 1.165) is 0 Å². The molecule has 5 heteroatoms. The first-order chi connectivity index (χ1) is 9.51. The maximum Gasteiger partial charge on any atom is 0.255 e. The molecule has 1 aromatic heterocycles. The number of carbonyl (C=O) groups is 1. The van der Waals surface area contributed by atoms with Gasteiger partial charge >= 0.3 is 0 Å². The highest BCUT2D eigenvalue weighted by atomic mass is 19.1. The van der Waals surface area contributed by atoms with E-state index in [1.165, 1.54) is 12.3 Å². The van der Waals surface area contributed by atoms with E-state index in [0.29, 0.717) is 22.5 Å². The largest absolute Gasteiger partial charge is 0.467 e. The van der Waals surface area contributed by atoms with E-state index in [2.05, 4.69) is 5.32 Å². The number of hydrogen-bond donors (Lipinski definition) is 2. The van der Waals surface area contributed by atoms with Gasteiger partial charge in [-0.2, -0.15) is 0 Å². The minimum Gasteiger partial charge on any atom is -0.467 e. The molecule has 2 rings (SSSR count). The van der Waals surface area contributed by atoms with Crippen molar-refractivity contribution in [1.82, 2.24) is 5.32 Å². The third kappa shape index (κ3) is 3.05. The molecule has 0 aliphatic rings. The van der Waals surface area contributed by atoms with Gasteiger partial charge in [0.1, 0.15) is 17.8 Å². The summed E-state index contributed by atoms with van der Waals surface area (Å²) < 4.78 is 18.6. The number of amides is 1. The van der Waals surface area contributed by atoms with E-state index in [-0.39, 0.29) is 24.3 Å². The highest BCUT2D eigenvalue weighted by Crippen LogP contribution is 2.17. The summed E-state index contributed by atoms with van der Waals surface area (Å²) in [5.41, 5.74) is 7.12. The maximum absolute atomic E-state index is 13.5. The topological polar surface area (TPSA) is 68.3 Å². The number of aryl methyl sites for hydroxylation is 1. The second-order valence-corrected chi connectivity index (χ2v) is 4.71. The standard InChI is InChI=1S/C15H17FN2O2/c1-9-3-4-11(6-14(9)16)10(2)18-15(19)12-5-13(7-17)20-8-12/h3-6,8,10H,7,17H2,1-2H3,(H,18,19). The molecular formula is C15H17FN2O2. The summed E-state index contributed by atoms with van der Waals surface area (Å²) in [6.45, 7) is 3.74. The number of nitrogens with two attached hydrogens (primary N) is 1. The molecular weight excluding hydrogens is 259 g/mol. The van der Waals surface area contributed by atoms with Crippen molar-refractivity contribution in [3.63, 3.8) is 0 Å². The lowest BCUT2D eigenvalue weighted by Gasteiger charge is -2.14. The quantitative estimate of drug-likeness (QED) is 0.902. The van der Waals surface area contributed by atoms with E-state index in [9.17, 15) is 9.18 Å². The summed E-state index contributed by atoms with van der Waals surface area (Å²) in [4.78, 5) is 12.0. The van der Waals surface area contributed by atoms with Gasteiger partial charge in [-0.25, -0.2) is 4.39 Å². The van der Waals surface area contributed by atoms with E-state index < -0.39 is 0 Å². The molecule has 1 atom stereocenters. The Morgan fingerprint density at radius 2 is 2.20 bits per heavy atom. The first kappa shape index (κ1) is 14.3. The predicted molar refractivity (Wildman–Crippen MR) is 73.6 cm³/mol. The lowest BCUT2D eigenvalue weighted by molar-refractivity contribution is 0.0939. The summed E-state index contributed by atoms with van der Waals surface area (Å²) in [7, 11) is 0. The number of benzene rings is 1. The normalized spacial score (nSPS) is 12.2. The van der Waals surface area contributed by atoms with Gasteiger partial charge in [0, 0.05) is 0 Å². The van der Waals surface area contributed by atoms with Gasteiger partial charge in [-0.1, -0.05) is 12.1 Å². The summed E-state index contributed by atoms with van der Waals surface area (Å²) in [5, 5.41) is 2.79. The Kier molecular flexibility index (Phi) is 4.20. The van der Waals surface area contributed by atoms with Crippen LogP contribution in [-0.4, -0.2) is 5.91 Å². The molecule has 1 unspecified atom stereocenters. The molecule has 0 spiro atoms. The van der Waals surface area contributed by atoms with Gasteiger partial charge in [0.05, 0.1) is 18.2 Å². The third-order valence-corrected chi connectivity index (χ3v) is 3.16. The molecule has 0 radical (unpaired) electrons. The van der Waals surface area contributed by atoms with Gasteiger partial charge in [-0.3, -0.25) is 4.79 Å². The van der Waals surface area contributed by atoms with Crippen LogP contribution in [0.4, 0.5) is 4.39 Å². The number of rotatable bonds is 4. The predicted octanol–water partition coefficient (Wildman–Crippen LogP) is 2.68. The van der Waals surface area contributed by atoms with Gasteiger partial charge in [-0.15, -0.1) is 0 Å². The van der Waals surface area contributed by atoms with Gasteiger partial charge in [-0.05, 0) is 37.1 Å². The van der Waals surface area contributed by atoms with Crippen LogP contribution in [0.25, 0.3) is 0 Å². The van der Waals surface area contributed by atoms with Crippen LogP contribution in [0.15, 0.2) is 34.9 Å². The summed E-state index contributed by atoms with van der Waals surface area (Å²) in [6.07, 6.45) is 1.36. The van der Waals surface area contributed by atoms with Crippen molar-refractivity contribution in [3.8, 4) is 0 Å². The number of carbonyl (C=O) groups excluding carboxylic acids is 1. The summed E-state index contributed by atoms with van der Waals surface area (Å²) in [5.74, 6) is -0.0107. The zero-order valence-electron chi connectivity index (χ0n) is 11.4. The molecule has 1 aromatic carbocycles. The Morgan fingerprint density at radius 1 is 1.45 bits per heavy atom. The van der Waals surface area contributed by atoms with Gasteiger partial charge in [0.25, 0.3) is 5.91 Å². The highest BCUT2D eigenvalue weighted by Gasteiger charge is 2.14. The minimum atomic E-state index is -0.297. The van der Waals surface area contributed by atoms with Crippen molar-refractivity contribution >= 4 is 5.91 Å². The van der Waals surface area contributed by atoms with Crippen LogP contribution in [0.2, 0.25) is 0 Å². The Hall–Kier alpha value is -2.14. The molecule has 2 aromatic rings. The fourth-order valence-corrected chi connectivity index (χ4v) is 1.85. The second-order valence-electron chi connectivity index (χ2n) is 4.71. The van der Waals surface area contributed by atoms with Crippen molar-refractivity contribution in [2.24, 2.45) is 5.73 Å². The fraction of sp³-hybridized carbons (Fsp3) is 0.267. The summed E-state index contributed by atoms with van der Waals surface area (Å²) >= 11 is 0. The molecule has 0 bridgehead atoms. The van der Waals surface area contributed by atoms with Crippen molar-refractivity contribution in [2.75, 3.05) is 0 Å². The first-order valence-corrected chi connectivity index (χ1v) is 6.35. The van der Waals surface area contributed by atoms with Crippen molar-refractivity contribution in [1.29, 1.82) is 0 Å². The van der Waals surface area contributed by atoms with E-state index in [1.807, 2.05) is 0 Å². The number of hydrogen-bond acceptors (Lipinski definition) is 3. The highest BCUT2D eigenvalue weighted by molar-refractivity contribution is 5.94. The molecule has 0 aliphatic carbocycles. The van der Waals surface area contributed by atoms with Gasteiger partial charge < -0.3 is 15.5 Å².